The number of rotatable bonds is 5. The zero-order chi connectivity index (χ0) is 21.3. The van der Waals surface area contributed by atoms with E-state index < -0.39 is 17.8 Å². The number of hydrazone groups is 1. The molecule has 0 heterocycles. The SMILES string of the molecule is Cc1ccccc1C(=O)Oc1ccc(C=NNC(=O)C(=O)Nc2ccccc2)cc1. The van der Waals surface area contributed by atoms with Crippen molar-refractivity contribution in [1.29, 1.82) is 0 Å². The van der Waals surface area contributed by atoms with Crippen LogP contribution in [0.25, 0.3) is 0 Å². The van der Waals surface area contributed by atoms with E-state index in [1.54, 1.807) is 66.7 Å². The fourth-order valence-corrected chi connectivity index (χ4v) is 2.51. The van der Waals surface area contributed by atoms with Gasteiger partial charge in [-0.3, -0.25) is 9.59 Å². The van der Waals surface area contributed by atoms with Crippen LogP contribution in [0.5, 0.6) is 5.75 Å². The molecule has 0 aliphatic heterocycles. The van der Waals surface area contributed by atoms with Gasteiger partial charge in [-0.05, 0) is 60.5 Å². The van der Waals surface area contributed by atoms with Crippen molar-refractivity contribution in [2.45, 2.75) is 6.92 Å². The standard InChI is InChI=1S/C23H19N3O4/c1-16-7-5-6-10-20(16)23(29)30-19-13-11-17(12-14-19)15-24-26-22(28)21(27)25-18-8-3-2-4-9-18/h2-15H,1H3,(H,25,27)(H,26,28). The largest absolute Gasteiger partial charge is 0.423 e. The molecule has 0 saturated heterocycles. The molecule has 3 rings (SSSR count). The summed E-state index contributed by atoms with van der Waals surface area (Å²) < 4.78 is 5.36. The van der Waals surface area contributed by atoms with E-state index in [4.69, 9.17) is 4.74 Å². The van der Waals surface area contributed by atoms with Crippen molar-refractivity contribution in [1.82, 2.24) is 5.43 Å². The number of esters is 1. The summed E-state index contributed by atoms with van der Waals surface area (Å²) in [7, 11) is 0. The summed E-state index contributed by atoms with van der Waals surface area (Å²) in [5, 5.41) is 6.22. The molecule has 0 radical (unpaired) electrons. The summed E-state index contributed by atoms with van der Waals surface area (Å²) in [5.41, 5.74) is 4.65. The van der Waals surface area contributed by atoms with Gasteiger partial charge in [0.25, 0.3) is 0 Å². The van der Waals surface area contributed by atoms with Gasteiger partial charge in [0.2, 0.25) is 0 Å². The maximum atomic E-state index is 12.2. The van der Waals surface area contributed by atoms with Crippen LogP contribution in [-0.2, 0) is 9.59 Å². The van der Waals surface area contributed by atoms with Crippen LogP contribution in [0.2, 0.25) is 0 Å². The van der Waals surface area contributed by atoms with E-state index in [-0.39, 0.29) is 0 Å². The lowest BCUT2D eigenvalue weighted by atomic mass is 10.1. The minimum absolute atomic E-state index is 0.381. The van der Waals surface area contributed by atoms with Crippen LogP contribution in [0.1, 0.15) is 21.5 Å². The van der Waals surface area contributed by atoms with Crippen molar-refractivity contribution in [3.05, 3.63) is 95.6 Å². The topological polar surface area (TPSA) is 96.9 Å². The molecule has 0 aliphatic carbocycles. The Morgan fingerprint density at radius 2 is 1.50 bits per heavy atom. The summed E-state index contributed by atoms with van der Waals surface area (Å²) in [4.78, 5) is 35.8. The number of ether oxygens (including phenoxy) is 1. The number of anilines is 1. The first kappa shape index (κ1) is 20.5. The van der Waals surface area contributed by atoms with Crippen LogP contribution in [0.3, 0.4) is 0 Å². The monoisotopic (exact) mass is 401 g/mol. The Balaban J connectivity index is 1.52. The minimum Gasteiger partial charge on any atom is -0.423 e. The lowest BCUT2D eigenvalue weighted by Crippen LogP contribution is -2.32. The van der Waals surface area contributed by atoms with Gasteiger partial charge in [-0.25, -0.2) is 10.2 Å². The molecule has 0 aromatic heterocycles. The Kier molecular flexibility index (Phi) is 6.68. The second-order valence-corrected chi connectivity index (χ2v) is 6.29. The highest BCUT2D eigenvalue weighted by atomic mass is 16.5. The van der Waals surface area contributed by atoms with E-state index in [0.717, 1.165) is 5.56 Å². The Hall–Kier alpha value is -4.26. The van der Waals surface area contributed by atoms with Crippen molar-refractivity contribution in [2.75, 3.05) is 5.32 Å². The summed E-state index contributed by atoms with van der Waals surface area (Å²) >= 11 is 0. The number of benzene rings is 3. The molecule has 0 aliphatic rings. The maximum absolute atomic E-state index is 12.2. The molecule has 7 heteroatoms. The van der Waals surface area contributed by atoms with Crippen LogP contribution in [-0.4, -0.2) is 24.0 Å². The number of amides is 2. The van der Waals surface area contributed by atoms with E-state index in [1.165, 1.54) is 6.21 Å². The number of carbonyl (C=O) groups is 3. The smallest absolute Gasteiger partial charge is 0.343 e. The number of hydrogen-bond acceptors (Lipinski definition) is 5. The number of aryl methyl sites for hydroxylation is 1. The highest BCUT2D eigenvalue weighted by Crippen LogP contribution is 2.15. The van der Waals surface area contributed by atoms with E-state index in [0.29, 0.717) is 22.6 Å². The molecule has 0 unspecified atom stereocenters. The van der Waals surface area contributed by atoms with Gasteiger partial charge in [0, 0.05) is 5.69 Å². The van der Waals surface area contributed by atoms with Crippen molar-refractivity contribution in [3.8, 4) is 5.75 Å². The van der Waals surface area contributed by atoms with Gasteiger partial charge in [-0.2, -0.15) is 5.10 Å². The molecule has 2 N–H and O–H groups in total. The molecule has 0 saturated carbocycles. The summed E-state index contributed by atoms with van der Waals surface area (Å²) in [6, 6.07) is 22.4. The third kappa shape index (κ3) is 5.62. The molecule has 0 bridgehead atoms. The number of hydrogen-bond donors (Lipinski definition) is 2. The van der Waals surface area contributed by atoms with Crippen molar-refractivity contribution in [2.24, 2.45) is 5.10 Å². The van der Waals surface area contributed by atoms with Crippen LogP contribution in [0.15, 0.2) is 84.0 Å². The summed E-state index contributed by atoms with van der Waals surface area (Å²) in [6.45, 7) is 1.84. The van der Waals surface area contributed by atoms with Gasteiger partial charge >= 0.3 is 17.8 Å². The predicted octanol–water partition coefficient (Wildman–Crippen LogP) is 3.30. The highest BCUT2D eigenvalue weighted by Gasteiger charge is 2.13. The zero-order valence-electron chi connectivity index (χ0n) is 16.2. The third-order valence-electron chi connectivity index (χ3n) is 4.07. The quantitative estimate of drug-likeness (QED) is 0.225. The number of carbonyl (C=O) groups excluding carboxylic acids is 3. The average molecular weight is 401 g/mol. The first-order valence-electron chi connectivity index (χ1n) is 9.10. The molecule has 7 nitrogen and oxygen atoms in total. The van der Waals surface area contributed by atoms with E-state index in [2.05, 4.69) is 15.8 Å². The Morgan fingerprint density at radius 3 is 2.20 bits per heavy atom. The fraction of sp³-hybridized carbons (Fsp3) is 0.0435. The van der Waals surface area contributed by atoms with Crippen molar-refractivity contribution in [3.63, 3.8) is 0 Å². The Labute approximate surface area is 173 Å². The molecule has 30 heavy (non-hydrogen) atoms. The van der Waals surface area contributed by atoms with E-state index in [1.807, 2.05) is 19.1 Å². The van der Waals surface area contributed by atoms with E-state index >= 15 is 0 Å². The zero-order valence-corrected chi connectivity index (χ0v) is 16.2. The average Bonchev–Trinajstić information content (AvgIpc) is 2.76. The number of nitrogens with one attached hydrogen (secondary N) is 2. The van der Waals surface area contributed by atoms with Gasteiger partial charge in [0.15, 0.2) is 0 Å². The molecule has 150 valence electrons. The van der Waals surface area contributed by atoms with Gasteiger partial charge in [-0.15, -0.1) is 0 Å². The van der Waals surface area contributed by atoms with Crippen molar-refractivity contribution < 1.29 is 19.1 Å². The van der Waals surface area contributed by atoms with E-state index in [9.17, 15) is 14.4 Å². The molecule has 0 atom stereocenters. The predicted molar refractivity (Wildman–Crippen MR) is 113 cm³/mol. The summed E-state index contributed by atoms with van der Waals surface area (Å²) in [6.07, 6.45) is 1.38. The first-order chi connectivity index (χ1) is 14.5. The maximum Gasteiger partial charge on any atom is 0.343 e. The molecule has 3 aromatic rings. The van der Waals surface area contributed by atoms with Crippen molar-refractivity contribution >= 4 is 29.7 Å². The van der Waals surface area contributed by atoms with Crippen LogP contribution >= 0.6 is 0 Å². The normalized spacial score (nSPS) is 10.4. The fourth-order valence-electron chi connectivity index (χ4n) is 2.51. The molecule has 0 spiro atoms. The third-order valence-corrected chi connectivity index (χ3v) is 4.07. The molecule has 0 fully saturated rings. The minimum atomic E-state index is -0.890. The number of para-hydroxylation sites is 1. The second kappa shape index (κ2) is 9.79. The molecular formula is C23H19N3O4. The van der Waals surface area contributed by atoms with Crippen LogP contribution < -0.4 is 15.5 Å². The van der Waals surface area contributed by atoms with Crippen LogP contribution in [0, 0.1) is 6.92 Å². The van der Waals surface area contributed by atoms with Gasteiger partial charge in [0.1, 0.15) is 5.75 Å². The molecular weight excluding hydrogens is 382 g/mol. The lowest BCUT2D eigenvalue weighted by Gasteiger charge is -2.06. The van der Waals surface area contributed by atoms with Crippen LogP contribution in [0.4, 0.5) is 5.69 Å². The second-order valence-electron chi connectivity index (χ2n) is 6.29. The first-order valence-corrected chi connectivity index (χ1v) is 9.10. The highest BCUT2D eigenvalue weighted by molar-refractivity contribution is 6.39. The lowest BCUT2D eigenvalue weighted by molar-refractivity contribution is -0.136. The number of nitrogens with zero attached hydrogens (tertiary/aromatic N) is 1. The van der Waals surface area contributed by atoms with Gasteiger partial charge in [-0.1, -0.05) is 36.4 Å². The Morgan fingerprint density at radius 1 is 0.833 bits per heavy atom. The van der Waals surface area contributed by atoms with Gasteiger partial charge in [0.05, 0.1) is 11.8 Å². The molecule has 2 amide bonds. The van der Waals surface area contributed by atoms with Gasteiger partial charge < -0.3 is 10.1 Å². The molecule has 3 aromatic carbocycles. The Bertz CT molecular complexity index is 1080. The summed E-state index contributed by atoms with van der Waals surface area (Å²) in [5.74, 6) is -1.77.